The second-order valence-corrected chi connectivity index (χ2v) is 4.57. The summed E-state index contributed by atoms with van der Waals surface area (Å²) in [5.74, 6) is -0.0548. The standard InChI is InChI=1S/C14H29NO2/c1-5-13(6-2)15(4)12-10-8-9-11-14(16)17-7-3/h13H,5-12H2,1-4H3. The minimum atomic E-state index is -0.0548. The van der Waals surface area contributed by atoms with E-state index in [0.29, 0.717) is 19.1 Å². The Labute approximate surface area is 107 Å². The molecule has 0 amide bonds. The third kappa shape index (κ3) is 8.19. The molecule has 0 N–H and O–H groups in total. The highest BCUT2D eigenvalue weighted by Crippen LogP contribution is 2.08. The molecule has 0 saturated heterocycles. The fraction of sp³-hybridized carbons (Fsp3) is 0.929. The molecule has 3 nitrogen and oxygen atoms in total. The summed E-state index contributed by atoms with van der Waals surface area (Å²) >= 11 is 0. The third-order valence-electron chi connectivity index (χ3n) is 3.26. The van der Waals surface area contributed by atoms with Crippen LogP contribution in [0.4, 0.5) is 0 Å². The topological polar surface area (TPSA) is 29.5 Å². The van der Waals surface area contributed by atoms with Crippen LogP contribution in [0.15, 0.2) is 0 Å². The van der Waals surface area contributed by atoms with Crippen LogP contribution in [0.25, 0.3) is 0 Å². The van der Waals surface area contributed by atoms with E-state index in [1.165, 1.54) is 19.3 Å². The molecule has 0 aromatic rings. The van der Waals surface area contributed by atoms with E-state index in [-0.39, 0.29) is 5.97 Å². The minimum Gasteiger partial charge on any atom is -0.466 e. The van der Waals surface area contributed by atoms with Crippen LogP contribution in [-0.4, -0.2) is 37.1 Å². The second-order valence-electron chi connectivity index (χ2n) is 4.57. The monoisotopic (exact) mass is 243 g/mol. The van der Waals surface area contributed by atoms with Crippen molar-refractivity contribution >= 4 is 5.97 Å². The summed E-state index contributed by atoms with van der Waals surface area (Å²) in [6.45, 7) is 7.96. The van der Waals surface area contributed by atoms with Gasteiger partial charge in [-0.2, -0.15) is 0 Å². The van der Waals surface area contributed by atoms with Gasteiger partial charge in [0.25, 0.3) is 0 Å². The minimum absolute atomic E-state index is 0.0548. The van der Waals surface area contributed by atoms with Crippen molar-refractivity contribution in [3.8, 4) is 0 Å². The lowest BCUT2D eigenvalue weighted by atomic mass is 10.1. The Hall–Kier alpha value is -0.570. The first-order valence-corrected chi connectivity index (χ1v) is 7.01. The van der Waals surface area contributed by atoms with Gasteiger partial charge in [-0.15, -0.1) is 0 Å². The zero-order chi connectivity index (χ0) is 13.1. The van der Waals surface area contributed by atoms with E-state index < -0.39 is 0 Å². The molecule has 0 aromatic carbocycles. The van der Waals surface area contributed by atoms with Gasteiger partial charge in [-0.25, -0.2) is 0 Å². The van der Waals surface area contributed by atoms with Crippen molar-refractivity contribution in [1.29, 1.82) is 0 Å². The van der Waals surface area contributed by atoms with Gasteiger partial charge >= 0.3 is 5.97 Å². The van der Waals surface area contributed by atoms with Gasteiger partial charge in [-0.3, -0.25) is 4.79 Å². The van der Waals surface area contributed by atoms with Crippen molar-refractivity contribution in [1.82, 2.24) is 4.90 Å². The van der Waals surface area contributed by atoms with E-state index in [1.54, 1.807) is 0 Å². The van der Waals surface area contributed by atoms with Crippen LogP contribution in [0, 0.1) is 0 Å². The fourth-order valence-corrected chi connectivity index (χ4v) is 2.14. The van der Waals surface area contributed by atoms with Crippen LogP contribution in [0.5, 0.6) is 0 Å². The lowest BCUT2D eigenvalue weighted by molar-refractivity contribution is -0.143. The molecule has 0 saturated carbocycles. The van der Waals surface area contributed by atoms with Crippen LogP contribution in [0.3, 0.4) is 0 Å². The van der Waals surface area contributed by atoms with Crippen molar-refractivity contribution < 1.29 is 9.53 Å². The number of ether oxygens (including phenoxy) is 1. The van der Waals surface area contributed by atoms with E-state index >= 15 is 0 Å². The smallest absolute Gasteiger partial charge is 0.305 e. The first-order valence-electron chi connectivity index (χ1n) is 7.01. The van der Waals surface area contributed by atoms with Gasteiger partial charge < -0.3 is 9.64 Å². The molecule has 0 aliphatic heterocycles. The Morgan fingerprint density at radius 2 is 1.76 bits per heavy atom. The highest BCUT2D eigenvalue weighted by Gasteiger charge is 2.09. The molecule has 0 fully saturated rings. The van der Waals surface area contributed by atoms with Crippen molar-refractivity contribution in [2.24, 2.45) is 0 Å². The number of nitrogens with zero attached hydrogens (tertiary/aromatic N) is 1. The number of unbranched alkanes of at least 4 members (excludes halogenated alkanes) is 2. The summed E-state index contributed by atoms with van der Waals surface area (Å²) in [5.41, 5.74) is 0. The summed E-state index contributed by atoms with van der Waals surface area (Å²) in [4.78, 5) is 13.5. The maximum absolute atomic E-state index is 11.1. The number of carbonyl (C=O) groups excluding carboxylic acids is 1. The van der Waals surface area contributed by atoms with E-state index in [0.717, 1.165) is 19.4 Å². The molecule has 0 heterocycles. The predicted octanol–water partition coefficient (Wildman–Crippen LogP) is 3.23. The highest BCUT2D eigenvalue weighted by atomic mass is 16.5. The lowest BCUT2D eigenvalue weighted by Gasteiger charge is -2.25. The molecule has 0 aliphatic carbocycles. The van der Waals surface area contributed by atoms with E-state index in [2.05, 4.69) is 25.8 Å². The molecule has 0 spiro atoms. The zero-order valence-corrected chi connectivity index (χ0v) is 12.0. The van der Waals surface area contributed by atoms with Gasteiger partial charge in [0, 0.05) is 12.5 Å². The molecule has 3 heteroatoms. The maximum Gasteiger partial charge on any atom is 0.305 e. The average Bonchev–Trinajstić information content (AvgIpc) is 2.30. The van der Waals surface area contributed by atoms with Gasteiger partial charge in [-0.1, -0.05) is 20.3 Å². The maximum atomic E-state index is 11.1. The molecule has 0 unspecified atom stereocenters. The lowest BCUT2D eigenvalue weighted by Crippen LogP contribution is -2.31. The van der Waals surface area contributed by atoms with Crippen LogP contribution in [-0.2, 0) is 9.53 Å². The Bertz CT molecular complexity index is 191. The number of hydrogen-bond donors (Lipinski definition) is 0. The van der Waals surface area contributed by atoms with Crippen molar-refractivity contribution in [2.45, 2.75) is 65.3 Å². The Balaban J connectivity index is 3.47. The summed E-state index contributed by atoms with van der Waals surface area (Å²) in [6, 6.07) is 0.708. The van der Waals surface area contributed by atoms with Gasteiger partial charge in [-0.05, 0) is 46.2 Å². The first kappa shape index (κ1) is 16.4. The zero-order valence-electron chi connectivity index (χ0n) is 12.0. The van der Waals surface area contributed by atoms with Gasteiger partial charge in [0.1, 0.15) is 0 Å². The predicted molar refractivity (Wildman–Crippen MR) is 72.1 cm³/mol. The van der Waals surface area contributed by atoms with Crippen LogP contribution in [0.1, 0.15) is 59.3 Å². The third-order valence-corrected chi connectivity index (χ3v) is 3.26. The summed E-state index contributed by atoms with van der Waals surface area (Å²) in [5, 5.41) is 0. The molecule has 0 aromatic heterocycles. The molecule has 0 rings (SSSR count). The van der Waals surface area contributed by atoms with Crippen LogP contribution < -0.4 is 0 Å². The van der Waals surface area contributed by atoms with E-state index in [1.807, 2.05) is 6.92 Å². The summed E-state index contributed by atoms with van der Waals surface area (Å²) in [6.07, 6.45) is 6.25. The average molecular weight is 243 g/mol. The molecule has 17 heavy (non-hydrogen) atoms. The van der Waals surface area contributed by atoms with Gasteiger partial charge in [0.2, 0.25) is 0 Å². The first-order chi connectivity index (χ1) is 8.15. The normalized spacial score (nSPS) is 11.2. The molecular formula is C14H29NO2. The van der Waals surface area contributed by atoms with Crippen molar-refractivity contribution in [3.63, 3.8) is 0 Å². The molecule has 102 valence electrons. The largest absolute Gasteiger partial charge is 0.466 e. The number of carbonyl (C=O) groups is 1. The highest BCUT2D eigenvalue weighted by molar-refractivity contribution is 5.69. The Morgan fingerprint density at radius 3 is 2.29 bits per heavy atom. The SMILES string of the molecule is CCOC(=O)CCCCCN(C)C(CC)CC. The van der Waals surface area contributed by atoms with E-state index in [4.69, 9.17) is 4.74 Å². The molecule has 0 bridgehead atoms. The Kier molecular flexibility index (Phi) is 10.2. The quantitative estimate of drug-likeness (QED) is 0.436. The molecular weight excluding hydrogens is 214 g/mol. The molecule has 0 atom stereocenters. The van der Waals surface area contributed by atoms with Crippen molar-refractivity contribution in [2.75, 3.05) is 20.2 Å². The summed E-state index contributed by atoms with van der Waals surface area (Å²) in [7, 11) is 2.20. The van der Waals surface area contributed by atoms with E-state index in [9.17, 15) is 4.79 Å². The van der Waals surface area contributed by atoms with Gasteiger partial charge in [0.15, 0.2) is 0 Å². The van der Waals surface area contributed by atoms with Crippen LogP contribution in [0.2, 0.25) is 0 Å². The number of esters is 1. The number of rotatable bonds is 10. The number of hydrogen-bond acceptors (Lipinski definition) is 3. The second kappa shape index (κ2) is 10.6. The molecule has 0 radical (unpaired) electrons. The van der Waals surface area contributed by atoms with Crippen molar-refractivity contribution in [3.05, 3.63) is 0 Å². The Morgan fingerprint density at radius 1 is 1.12 bits per heavy atom. The molecule has 0 aliphatic rings. The van der Waals surface area contributed by atoms with Gasteiger partial charge in [0.05, 0.1) is 6.61 Å². The summed E-state index contributed by atoms with van der Waals surface area (Å²) < 4.78 is 4.89. The van der Waals surface area contributed by atoms with Crippen LogP contribution >= 0.6 is 0 Å². The fourth-order valence-electron chi connectivity index (χ4n) is 2.14.